The fourth-order valence-corrected chi connectivity index (χ4v) is 2.44. The Morgan fingerprint density at radius 1 is 1.08 bits per heavy atom. The van der Waals surface area contributed by atoms with Crippen molar-refractivity contribution in [2.24, 2.45) is 0 Å². The van der Waals surface area contributed by atoms with E-state index in [-0.39, 0.29) is 12.6 Å². The van der Waals surface area contributed by atoms with E-state index in [9.17, 15) is 9.59 Å². The quantitative estimate of drug-likeness (QED) is 0.450. The number of hydrogen-bond acceptors (Lipinski definition) is 6. The number of ether oxygens (including phenoxy) is 4. The van der Waals surface area contributed by atoms with Crippen LogP contribution >= 0.6 is 0 Å². The molecule has 1 unspecified atom stereocenters. The van der Waals surface area contributed by atoms with Gasteiger partial charge in [-0.25, -0.2) is 4.79 Å². The molecule has 0 saturated carbocycles. The molecular weight excluding hydrogens is 336 g/mol. The summed E-state index contributed by atoms with van der Waals surface area (Å²) in [5.41, 5.74) is 1.21. The molecule has 1 aliphatic heterocycles. The van der Waals surface area contributed by atoms with Gasteiger partial charge < -0.3 is 18.9 Å². The molecule has 1 aliphatic rings. The molecular formula is C20H18O6. The molecule has 6 nitrogen and oxygen atoms in total. The maximum Gasteiger partial charge on any atom is 0.331 e. The van der Waals surface area contributed by atoms with Crippen LogP contribution in [-0.4, -0.2) is 31.8 Å². The third kappa shape index (κ3) is 4.03. The van der Waals surface area contributed by atoms with E-state index >= 15 is 0 Å². The molecule has 1 atom stereocenters. The molecule has 1 heterocycles. The second kappa shape index (κ2) is 7.74. The first-order chi connectivity index (χ1) is 12.6. The van der Waals surface area contributed by atoms with Gasteiger partial charge in [0.1, 0.15) is 5.75 Å². The zero-order chi connectivity index (χ0) is 18.5. The SMILES string of the molecule is COc1ccc(C(=O)C(C)OC(=O)/C=C/c2ccc3c(c2)OCO3)cc1. The lowest BCUT2D eigenvalue weighted by atomic mass is 10.1. The zero-order valence-corrected chi connectivity index (χ0v) is 14.4. The number of ketones is 1. The molecule has 26 heavy (non-hydrogen) atoms. The summed E-state index contributed by atoms with van der Waals surface area (Å²) in [6.07, 6.45) is 1.97. The lowest BCUT2D eigenvalue weighted by Crippen LogP contribution is -2.23. The van der Waals surface area contributed by atoms with E-state index < -0.39 is 12.1 Å². The first-order valence-electron chi connectivity index (χ1n) is 8.03. The number of carbonyl (C=O) groups is 2. The van der Waals surface area contributed by atoms with Gasteiger partial charge in [0.2, 0.25) is 12.6 Å². The van der Waals surface area contributed by atoms with Crippen LogP contribution in [0.1, 0.15) is 22.8 Å². The van der Waals surface area contributed by atoms with Crippen molar-refractivity contribution in [1.82, 2.24) is 0 Å². The highest BCUT2D eigenvalue weighted by Crippen LogP contribution is 2.32. The van der Waals surface area contributed by atoms with Gasteiger partial charge in [-0.3, -0.25) is 4.79 Å². The minimum Gasteiger partial charge on any atom is -0.497 e. The van der Waals surface area contributed by atoms with Crippen LogP contribution in [0.3, 0.4) is 0 Å². The van der Waals surface area contributed by atoms with Crippen LogP contribution in [0.5, 0.6) is 17.2 Å². The third-order valence-corrected chi connectivity index (χ3v) is 3.85. The molecule has 2 aromatic carbocycles. The Kier molecular flexibility index (Phi) is 5.22. The normalized spacial score (nSPS) is 13.5. The minimum absolute atomic E-state index is 0.190. The Bertz CT molecular complexity index is 838. The number of fused-ring (bicyclic) bond motifs is 1. The van der Waals surface area contributed by atoms with Crippen LogP contribution in [-0.2, 0) is 9.53 Å². The Morgan fingerprint density at radius 3 is 2.54 bits per heavy atom. The Hall–Kier alpha value is -3.28. The van der Waals surface area contributed by atoms with Gasteiger partial charge in [0.15, 0.2) is 17.6 Å². The van der Waals surface area contributed by atoms with Gasteiger partial charge >= 0.3 is 5.97 Å². The number of esters is 1. The fraction of sp³-hybridized carbons (Fsp3) is 0.200. The fourth-order valence-electron chi connectivity index (χ4n) is 2.44. The van der Waals surface area contributed by atoms with Crippen molar-refractivity contribution in [3.05, 3.63) is 59.7 Å². The van der Waals surface area contributed by atoms with Crippen molar-refractivity contribution in [2.45, 2.75) is 13.0 Å². The highest BCUT2D eigenvalue weighted by Gasteiger charge is 2.18. The molecule has 2 aromatic rings. The Labute approximate surface area is 150 Å². The molecule has 134 valence electrons. The van der Waals surface area contributed by atoms with Crippen LogP contribution in [0.4, 0.5) is 0 Å². The highest BCUT2D eigenvalue weighted by molar-refractivity contribution is 6.01. The van der Waals surface area contributed by atoms with Gasteiger partial charge in [0.05, 0.1) is 7.11 Å². The minimum atomic E-state index is -0.891. The van der Waals surface area contributed by atoms with Crippen molar-refractivity contribution >= 4 is 17.8 Å². The molecule has 0 amide bonds. The van der Waals surface area contributed by atoms with E-state index in [0.29, 0.717) is 22.8 Å². The predicted molar refractivity (Wildman–Crippen MR) is 94.5 cm³/mol. The van der Waals surface area contributed by atoms with Crippen molar-refractivity contribution in [3.8, 4) is 17.2 Å². The van der Waals surface area contributed by atoms with Crippen LogP contribution < -0.4 is 14.2 Å². The van der Waals surface area contributed by atoms with E-state index in [1.54, 1.807) is 62.6 Å². The second-order valence-electron chi connectivity index (χ2n) is 5.62. The molecule has 0 fully saturated rings. The molecule has 0 N–H and O–H groups in total. The standard InChI is InChI=1S/C20H18O6/c1-13(20(22)15-5-7-16(23-2)8-6-15)26-19(21)10-4-14-3-9-17-18(11-14)25-12-24-17/h3-11,13H,12H2,1-2H3/b10-4+. The maximum atomic E-state index is 12.3. The van der Waals surface area contributed by atoms with Gasteiger partial charge in [-0.2, -0.15) is 0 Å². The van der Waals surface area contributed by atoms with Gasteiger partial charge in [-0.15, -0.1) is 0 Å². The molecule has 0 aliphatic carbocycles. The van der Waals surface area contributed by atoms with Crippen molar-refractivity contribution < 1.29 is 28.5 Å². The average Bonchev–Trinajstić information content (AvgIpc) is 3.13. The summed E-state index contributed by atoms with van der Waals surface area (Å²) in [6, 6.07) is 12.0. The molecule has 0 radical (unpaired) electrons. The number of rotatable bonds is 6. The van der Waals surface area contributed by atoms with Crippen molar-refractivity contribution in [2.75, 3.05) is 13.9 Å². The van der Waals surface area contributed by atoms with Crippen LogP contribution in [0.15, 0.2) is 48.5 Å². The highest BCUT2D eigenvalue weighted by atomic mass is 16.7. The molecule has 6 heteroatoms. The molecule has 0 bridgehead atoms. The van der Waals surface area contributed by atoms with E-state index in [1.807, 2.05) is 0 Å². The summed E-state index contributed by atoms with van der Waals surface area (Å²) in [6.45, 7) is 1.73. The predicted octanol–water partition coefficient (Wildman–Crippen LogP) is 3.25. The van der Waals surface area contributed by atoms with E-state index in [4.69, 9.17) is 18.9 Å². The third-order valence-electron chi connectivity index (χ3n) is 3.85. The summed E-state index contributed by atoms with van der Waals surface area (Å²) in [5.74, 6) is 1.07. The molecule has 0 saturated heterocycles. The summed E-state index contributed by atoms with van der Waals surface area (Å²) >= 11 is 0. The molecule has 0 spiro atoms. The number of benzene rings is 2. The van der Waals surface area contributed by atoms with Gasteiger partial charge in [0, 0.05) is 11.6 Å². The van der Waals surface area contributed by atoms with Gasteiger partial charge in [-0.05, 0) is 55.0 Å². The van der Waals surface area contributed by atoms with Crippen LogP contribution in [0.25, 0.3) is 6.08 Å². The molecule has 3 rings (SSSR count). The topological polar surface area (TPSA) is 71.1 Å². The maximum absolute atomic E-state index is 12.3. The smallest absolute Gasteiger partial charge is 0.331 e. The lowest BCUT2D eigenvalue weighted by Gasteiger charge is -2.11. The summed E-state index contributed by atoms with van der Waals surface area (Å²) in [4.78, 5) is 24.3. The van der Waals surface area contributed by atoms with Gasteiger partial charge in [-0.1, -0.05) is 6.07 Å². The van der Waals surface area contributed by atoms with Crippen LogP contribution in [0.2, 0.25) is 0 Å². The first kappa shape index (κ1) is 17.5. The summed E-state index contributed by atoms with van der Waals surface area (Å²) in [5, 5.41) is 0. The molecule has 0 aromatic heterocycles. The summed E-state index contributed by atoms with van der Waals surface area (Å²) in [7, 11) is 1.55. The number of methoxy groups -OCH3 is 1. The number of carbonyl (C=O) groups excluding carboxylic acids is 2. The van der Waals surface area contributed by atoms with Crippen LogP contribution in [0, 0.1) is 0 Å². The zero-order valence-electron chi connectivity index (χ0n) is 14.4. The van der Waals surface area contributed by atoms with E-state index in [1.165, 1.54) is 6.08 Å². The number of Topliss-reactive ketones (excluding diaryl/α,β-unsaturated/α-hetero) is 1. The Morgan fingerprint density at radius 2 is 1.81 bits per heavy atom. The van der Waals surface area contributed by atoms with E-state index in [0.717, 1.165) is 5.56 Å². The first-order valence-corrected chi connectivity index (χ1v) is 8.03. The largest absolute Gasteiger partial charge is 0.497 e. The van der Waals surface area contributed by atoms with Gasteiger partial charge in [0.25, 0.3) is 0 Å². The lowest BCUT2D eigenvalue weighted by molar-refractivity contribution is -0.140. The monoisotopic (exact) mass is 354 g/mol. The average molecular weight is 354 g/mol. The van der Waals surface area contributed by atoms with E-state index in [2.05, 4.69) is 0 Å². The number of hydrogen-bond donors (Lipinski definition) is 0. The Balaban J connectivity index is 1.58. The van der Waals surface area contributed by atoms with Crippen molar-refractivity contribution in [3.63, 3.8) is 0 Å². The summed E-state index contributed by atoms with van der Waals surface area (Å²) < 4.78 is 20.7. The van der Waals surface area contributed by atoms with Crippen molar-refractivity contribution in [1.29, 1.82) is 0 Å². The second-order valence-corrected chi connectivity index (χ2v) is 5.62.